The maximum Gasteiger partial charge on any atom is 0.335 e. The van der Waals surface area contributed by atoms with E-state index < -0.39 is 6.10 Å². The molecule has 19 heavy (non-hydrogen) atoms. The number of hydrogen-bond donors (Lipinski definition) is 1. The summed E-state index contributed by atoms with van der Waals surface area (Å²) < 4.78 is 10.6. The van der Waals surface area contributed by atoms with Crippen molar-refractivity contribution in [3.63, 3.8) is 0 Å². The Morgan fingerprint density at radius 3 is 2.42 bits per heavy atom. The molecule has 0 aliphatic heterocycles. The topological polar surface area (TPSA) is 55.8 Å². The van der Waals surface area contributed by atoms with Gasteiger partial charge in [-0.2, -0.15) is 0 Å². The van der Waals surface area contributed by atoms with Gasteiger partial charge in [0, 0.05) is 6.42 Å². The molecule has 0 spiro atoms. The van der Waals surface area contributed by atoms with Crippen LogP contribution in [-0.2, 0) is 27.3 Å². The van der Waals surface area contributed by atoms with Crippen LogP contribution in [0.4, 0.5) is 0 Å². The summed E-state index contributed by atoms with van der Waals surface area (Å²) in [5, 5.41) is 9.30. The third kappa shape index (κ3) is 5.01. The van der Waals surface area contributed by atoms with Crippen LogP contribution < -0.4 is 0 Å². The molecule has 0 aromatic heterocycles. The largest absolute Gasteiger partial charge is 0.464 e. The lowest BCUT2D eigenvalue weighted by Crippen LogP contribution is -2.31. The fraction of sp³-hybridized carbons (Fsp3) is 0.533. The summed E-state index contributed by atoms with van der Waals surface area (Å²) in [7, 11) is 0. The van der Waals surface area contributed by atoms with E-state index in [1.807, 2.05) is 38.1 Å². The van der Waals surface area contributed by atoms with Crippen molar-refractivity contribution in [1.29, 1.82) is 0 Å². The third-order valence-corrected chi connectivity index (χ3v) is 2.68. The number of aliphatic hydroxyl groups is 1. The fourth-order valence-electron chi connectivity index (χ4n) is 1.86. The Kier molecular flexibility index (Phi) is 6.53. The van der Waals surface area contributed by atoms with Crippen LogP contribution in [0, 0.1) is 0 Å². The second-order valence-electron chi connectivity index (χ2n) is 4.56. The average molecular weight is 266 g/mol. The van der Waals surface area contributed by atoms with Crippen LogP contribution in [0.5, 0.6) is 0 Å². The Morgan fingerprint density at radius 2 is 1.89 bits per heavy atom. The molecular weight excluding hydrogens is 244 g/mol. The zero-order valence-electron chi connectivity index (χ0n) is 11.8. The number of hydrogen-bond acceptors (Lipinski definition) is 4. The van der Waals surface area contributed by atoms with Crippen LogP contribution in [0.1, 0.15) is 31.9 Å². The van der Waals surface area contributed by atoms with Gasteiger partial charge < -0.3 is 14.6 Å². The van der Waals surface area contributed by atoms with E-state index in [4.69, 9.17) is 9.47 Å². The highest BCUT2D eigenvalue weighted by Gasteiger charge is 2.23. The molecule has 1 atom stereocenters. The first-order valence-electron chi connectivity index (χ1n) is 6.58. The molecule has 0 bridgehead atoms. The Morgan fingerprint density at radius 1 is 1.26 bits per heavy atom. The molecule has 4 nitrogen and oxygen atoms in total. The molecule has 0 saturated heterocycles. The first-order valence-corrected chi connectivity index (χ1v) is 6.58. The van der Waals surface area contributed by atoms with E-state index in [9.17, 15) is 9.90 Å². The van der Waals surface area contributed by atoms with E-state index in [2.05, 4.69) is 0 Å². The van der Waals surface area contributed by atoms with E-state index in [1.165, 1.54) is 0 Å². The lowest BCUT2D eigenvalue weighted by atomic mass is 10.0. The molecular formula is C15H22O4. The van der Waals surface area contributed by atoms with Crippen LogP contribution in [0.25, 0.3) is 0 Å². The molecule has 1 aromatic rings. The van der Waals surface area contributed by atoms with Gasteiger partial charge in [-0.05, 0) is 31.9 Å². The average Bonchev–Trinajstić information content (AvgIpc) is 2.38. The van der Waals surface area contributed by atoms with E-state index in [0.29, 0.717) is 13.0 Å². The Bertz CT molecular complexity index is 401. The normalized spacial score (nSPS) is 12.5. The molecule has 0 heterocycles. The Hall–Kier alpha value is -1.39. The van der Waals surface area contributed by atoms with Gasteiger partial charge in [0.25, 0.3) is 0 Å². The molecule has 0 amide bonds. The number of rotatable bonds is 7. The maximum atomic E-state index is 11.9. The highest BCUT2D eigenvalue weighted by atomic mass is 16.6. The van der Waals surface area contributed by atoms with Crippen molar-refractivity contribution < 1.29 is 19.4 Å². The standard InChI is InChI=1S/C15H22O4/c1-4-18-15(17)14(19-11(2)3)9-12-7-5-6-8-13(12)10-16/h5-8,11,14,16H,4,9-10H2,1-3H3. The van der Waals surface area contributed by atoms with Crippen LogP contribution in [0.3, 0.4) is 0 Å². The highest BCUT2D eigenvalue weighted by molar-refractivity contribution is 5.75. The minimum absolute atomic E-state index is 0.0482. The minimum atomic E-state index is -0.632. The number of aliphatic hydroxyl groups excluding tert-OH is 1. The molecule has 1 unspecified atom stereocenters. The number of carbonyl (C=O) groups is 1. The SMILES string of the molecule is CCOC(=O)C(Cc1ccccc1CO)OC(C)C. The van der Waals surface area contributed by atoms with Gasteiger partial charge in [-0.1, -0.05) is 24.3 Å². The first kappa shape index (κ1) is 15.7. The van der Waals surface area contributed by atoms with Crippen molar-refractivity contribution in [3.8, 4) is 0 Å². The van der Waals surface area contributed by atoms with Gasteiger partial charge in [-0.15, -0.1) is 0 Å². The summed E-state index contributed by atoms with van der Waals surface area (Å²) in [6, 6.07) is 7.47. The molecule has 4 heteroatoms. The second-order valence-corrected chi connectivity index (χ2v) is 4.56. The van der Waals surface area contributed by atoms with E-state index in [1.54, 1.807) is 6.92 Å². The predicted octanol–water partition coefficient (Wildman–Crippen LogP) is 2.08. The van der Waals surface area contributed by atoms with Crippen molar-refractivity contribution in [3.05, 3.63) is 35.4 Å². The van der Waals surface area contributed by atoms with Crippen LogP contribution in [0.15, 0.2) is 24.3 Å². The lowest BCUT2D eigenvalue weighted by molar-refractivity contribution is -0.159. The van der Waals surface area contributed by atoms with Crippen molar-refractivity contribution in [1.82, 2.24) is 0 Å². The summed E-state index contributed by atoms with van der Waals surface area (Å²) in [4.78, 5) is 11.9. The molecule has 0 radical (unpaired) electrons. The van der Waals surface area contributed by atoms with Crippen LogP contribution in [0.2, 0.25) is 0 Å². The third-order valence-electron chi connectivity index (χ3n) is 2.68. The van der Waals surface area contributed by atoms with Gasteiger partial charge in [-0.25, -0.2) is 4.79 Å². The summed E-state index contributed by atoms with van der Waals surface area (Å²) in [6.07, 6.45) is -0.281. The predicted molar refractivity (Wildman–Crippen MR) is 72.7 cm³/mol. The van der Waals surface area contributed by atoms with Gasteiger partial charge in [0.1, 0.15) is 0 Å². The molecule has 0 fully saturated rings. The second kappa shape index (κ2) is 7.92. The zero-order chi connectivity index (χ0) is 14.3. The molecule has 106 valence electrons. The molecule has 0 aliphatic rings. The van der Waals surface area contributed by atoms with E-state index in [0.717, 1.165) is 11.1 Å². The van der Waals surface area contributed by atoms with Gasteiger partial charge in [0.05, 0.1) is 19.3 Å². The number of carbonyl (C=O) groups excluding carboxylic acids is 1. The monoisotopic (exact) mass is 266 g/mol. The van der Waals surface area contributed by atoms with E-state index >= 15 is 0 Å². The Balaban J connectivity index is 2.84. The van der Waals surface area contributed by atoms with Crippen molar-refractivity contribution in [2.45, 2.75) is 46.0 Å². The smallest absolute Gasteiger partial charge is 0.335 e. The zero-order valence-corrected chi connectivity index (χ0v) is 11.8. The molecule has 1 rings (SSSR count). The summed E-state index contributed by atoms with van der Waals surface area (Å²) in [5.74, 6) is -0.357. The van der Waals surface area contributed by atoms with E-state index in [-0.39, 0.29) is 18.7 Å². The fourth-order valence-corrected chi connectivity index (χ4v) is 1.86. The van der Waals surface area contributed by atoms with Crippen molar-refractivity contribution >= 4 is 5.97 Å². The molecule has 0 aliphatic carbocycles. The summed E-state index contributed by atoms with van der Waals surface area (Å²) >= 11 is 0. The molecule has 1 N–H and O–H groups in total. The van der Waals surface area contributed by atoms with Gasteiger partial charge in [0.2, 0.25) is 0 Å². The minimum Gasteiger partial charge on any atom is -0.464 e. The first-order chi connectivity index (χ1) is 9.08. The maximum absolute atomic E-state index is 11.9. The van der Waals surface area contributed by atoms with Gasteiger partial charge >= 0.3 is 5.97 Å². The number of benzene rings is 1. The van der Waals surface area contributed by atoms with Crippen molar-refractivity contribution in [2.24, 2.45) is 0 Å². The summed E-state index contributed by atoms with van der Waals surface area (Å²) in [5.41, 5.74) is 1.72. The summed E-state index contributed by atoms with van der Waals surface area (Å²) in [6.45, 7) is 5.81. The lowest BCUT2D eigenvalue weighted by Gasteiger charge is -2.20. The van der Waals surface area contributed by atoms with Gasteiger partial charge in [-0.3, -0.25) is 0 Å². The van der Waals surface area contributed by atoms with Gasteiger partial charge in [0.15, 0.2) is 6.10 Å². The van der Waals surface area contributed by atoms with Crippen LogP contribution >= 0.6 is 0 Å². The molecule has 0 saturated carbocycles. The van der Waals surface area contributed by atoms with Crippen LogP contribution in [-0.4, -0.2) is 29.9 Å². The highest BCUT2D eigenvalue weighted by Crippen LogP contribution is 2.15. The number of esters is 1. The number of ether oxygens (including phenoxy) is 2. The Labute approximate surface area is 114 Å². The molecule has 1 aromatic carbocycles. The van der Waals surface area contributed by atoms with Crippen molar-refractivity contribution in [2.75, 3.05) is 6.61 Å². The quantitative estimate of drug-likeness (QED) is 0.768.